The zero-order valence-electron chi connectivity index (χ0n) is 31.9. The molecule has 0 amide bonds. The zero-order valence-corrected chi connectivity index (χ0v) is 31.9. The number of aliphatic hydroxyl groups excluding tert-OH is 2. The van der Waals surface area contributed by atoms with Gasteiger partial charge in [0.25, 0.3) is 0 Å². The van der Waals surface area contributed by atoms with Crippen LogP contribution in [0.2, 0.25) is 0 Å². The van der Waals surface area contributed by atoms with E-state index in [4.69, 9.17) is 28.4 Å². The van der Waals surface area contributed by atoms with E-state index in [0.29, 0.717) is 12.5 Å². The summed E-state index contributed by atoms with van der Waals surface area (Å²) in [5, 5.41) is 21.5. The molecular formula is C40H67NO10. The van der Waals surface area contributed by atoms with E-state index in [1.807, 2.05) is 13.8 Å². The van der Waals surface area contributed by atoms with Gasteiger partial charge >= 0.3 is 5.97 Å². The molecule has 3 heterocycles. The van der Waals surface area contributed by atoms with E-state index in [1.165, 1.54) is 12.7 Å². The van der Waals surface area contributed by atoms with E-state index in [2.05, 4.69) is 51.9 Å². The molecule has 0 radical (unpaired) electrons. The lowest BCUT2D eigenvalue weighted by Gasteiger charge is -2.41. The molecule has 0 unspecified atom stereocenters. The molecule has 3 saturated heterocycles. The Hall–Kier alpha value is -1.70. The number of cyclic esters (lactones) is 1. The van der Waals surface area contributed by atoms with Crippen molar-refractivity contribution in [3.05, 3.63) is 23.3 Å². The molecule has 11 heteroatoms. The molecule has 0 aromatic carbocycles. The van der Waals surface area contributed by atoms with Crippen LogP contribution >= 0.6 is 0 Å². The molecule has 17 atom stereocenters. The van der Waals surface area contributed by atoms with Crippen LogP contribution in [0.15, 0.2) is 23.3 Å². The molecule has 292 valence electrons. The lowest BCUT2D eigenvalue weighted by molar-refractivity contribution is -0.306. The number of Topliss-reactive ketones (excluding diaryl/α,β-unsaturated/α-hetero) is 1. The molecule has 0 spiro atoms. The van der Waals surface area contributed by atoms with Crippen LogP contribution < -0.4 is 0 Å². The fourth-order valence-electron chi connectivity index (χ4n) is 10.3. The van der Waals surface area contributed by atoms with E-state index < -0.39 is 36.6 Å². The minimum atomic E-state index is -1.23. The number of hydrogen-bond acceptors (Lipinski definition) is 11. The highest BCUT2D eigenvalue weighted by atomic mass is 16.7. The van der Waals surface area contributed by atoms with Gasteiger partial charge in [0.15, 0.2) is 18.4 Å². The van der Waals surface area contributed by atoms with Crippen LogP contribution in [-0.2, 0) is 38.0 Å². The number of ether oxygens (including phenoxy) is 6. The monoisotopic (exact) mass is 721 g/mol. The molecule has 51 heavy (non-hydrogen) atoms. The van der Waals surface area contributed by atoms with Gasteiger partial charge in [-0.1, -0.05) is 31.6 Å². The number of rotatable bonds is 7. The summed E-state index contributed by atoms with van der Waals surface area (Å²) < 4.78 is 36.9. The highest BCUT2D eigenvalue weighted by molar-refractivity contribution is 5.99. The van der Waals surface area contributed by atoms with E-state index >= 15 is 0 Å². The van der Waals surface area contributed by atoms with E-state index in [9.17, 15) is 19.8 Å². The number of hydrogen-bond donors (Lipinski definition) is 2. The predicted molar refractivity (Wildman–Crippen MR) is 193 cm³/mol. The van der Waals surface area contributed by atoms with Gasteiger partial charge in [-0.15, -0.1) is 0 Å². The third-order valence-electron chi connectivity index (χ3n) is 13.2. The van der Waals surface area contributed by atoms with Crippen molar-refractivity contribution in [1.29, 1.82) is 0 Å². The number of aliphatic hydroxyl groups is 2. The SMILES string of the molecule is CC[C@H]1CCC[C@H](O[C@H]2CC[C@H](N(C)C)[C@@H](C)O2)[C@@H](C)C(=O)C2=C[C@@H]3[C@@H](C=C(C)[C@@H]4C[C@H](O[C@@H]5O[C@@H](C)[C@H](OC)[C@@H](O)[C@H]5O)C[C@@H]34)[C@@H]2CC(=O)O1.[HH].[HH]. The van der Waals surface area contributed by atoms with Crippen LogP contribution in [0.5, 0.6) is 0 Å². The third kappa shape index (κ3) is 8.07. The first-order valence-electron chi connectivity index (χ1n) is 19.6. The van der Waals surface area contributed by atoms with Crippen molar-refractivity contribution in [1.82, 2.24) is 4.90 Å². The Kier molecular flexibility index (Phi) is 12.5. The summed E-state index contributed by atoms with van der Waals surface area (Å²) in [7, 11) is 5.65. The van der Waals surface area contributed by atoms with Crippen molar-refractivity contribution < 1.29 is 51.1 Å². The van der Waals surface area contributed by atoms with Crippen molar-refractivity contribution in [2.24, 2.45) is 35.5 Å². The van der Waals surface area contributed by atoms with Gasteiger partial charge < -0.3 is 43.5 Å². The highest BCUT2D eigenvalue weighted by Gasteiger charge is 2.53. The summed E-state index contributed by atoms with van der Waals surface area (Å²) in [5.41, 5.74) is 1.97. The number of ketones is 1. The number of carbonyl (C=O) groups excluding carboxylic acids is 2. The van der Waals surface area contributed by atoms with Gasteiger partial charge in [-0.2, -0.15) is 0 Å². The topological polar surface area (TPSA) is 133 Å². The minimum Gasteiger partial charge on any atom is -0.462 e. The lowest BCUT2D eigenvalue weighted by Crippen LogP contribution is -2.58. The van der Waals surface area contributed by atoms with Crippen molar-refractivity contribution in [2.75, 3.05) is 21.2 Å². The molecule has 3 aliphatic carbocycles. The maximum Gasteiger partial charge on any atom is 0.306 e. The first kappa shape index (κ1) is 39.0. The molecule has 0 bridgehead atoms. The summed E-state index contributed by atoms with van der Waals surface area (Å²) in [4.78, 5) is 30.4. The third-order valence-corrected chi connectivity index (χ3v) is 13.2. The van der Waals surface area contributed by atoms with Crippen molar-refractivity contribution in [3.8, 4) is 0 Å². The van der Waals surface area contributed by atoms with Gasteiger partial charge in [0.05, 0.1) is 30.8 Å². The first-order chi connectivity index (χ1) is 24.3. The molecule has 1 saturated carbocycles. The fourth-order valence-corrected chi connectivity index (χ4v) is 10.3. The van der Waals surface area contributed by atoms with Gasteiger partial charge in [-0.3, -0.25) is 9.59 Å². The van der Waals surface area contributed by atoms with E-state index in [1.54, 1.807) is 0 Å². The molecule has 3 aliphatic heterocycles. The zero-order chi connectivity index (χ0) is 36.7. The number of esters is 1. The van der Waals surface area contributed by atoms with Crippen LogP contribution in [0.3, 0.4) is 0 Å². The fraction of sp³-hybridized carbons (Fsp3) is 0.850. The van der Waals surface area contributed by atoms with Crippen LogP contribution in [-0.4, -0.2) is 116 Å². The Balaban J connectivity index is 0.00000314. The normalized spacial score (nSPS) is 46.6. The maximum absolute atomic E-state index is 14.6. The van der Waals surface area contributed by atoms with Gasteiger partial charge in [0, 0.05) is 27.8 Å². The first-order valence-corrected chi connectivity index (χ1v) is 19.6. The molecule has 6 rings (SSSR count). The predicted octanol–water partition coefficient (Wildman–Crippen LogP) is 5.06. The van der Waals surface area contributed by atoms with Crippen LogP contribution in [0.4, 0.5) is 0 Å². The summed E-state index contributed by atoms with van der Waals surface area (Å²) in [6.45, 7) is 10.1. The van der Waals surface area contributed by atoms with Crippen molar-refractivity contribution >= 4 is 11.8 Å². The number of likely N-dealkylation sites (N-methyl/N-ethyl adjacent to an activating group) is 1. The summed E-state index contributed by atoms with van der Waals surface area (Å²) >= 11 is 0. The van der Waals surface area contributed by atoms with Gasteiger partial charge in [0.1, 0.15) is 24.4 Å². The Morgan fingerprint density at radius 1 is 0.922 bits per heavy atom. The smallest absolute Gasteiger partial charge is 0.306 e. The molecule has 0 aromatic heterocycles. The molecule has 2 N–H and O–H groups in total. The van der Waals surface area contributed by atoms with Crippen LogP contribution in [0.1, 0.15) is 95.3 Å². The highest BCUT2D eigenvalue weighted by Crippen LogP contribution is 2.56. The number of nitrogens with zero attached hydrogens (tertiary/aromatic N) is 1. The Labute approximate surface area is 307 Å². The molecule has 6 aliphatic rings. The number of carbonyl (C=O) groups is 2. The van der Waals surface area contributed by atoms with Gasteiger partial charge in [0.2, 0.25) is 0 Å². The van der Waals surface area contributed by atoms with Gasteiger partial charge in [-0.05, 0) is 115 Å². The average Bonchev–Trinajstić information content (AvgIpc) is 3.67. The average molecular weight is 722 g/mol. The number of allylic oxidation sites excluding steroid dienone is 4. The van der Waals surface area contributed by atoms with Crippen LogP contribution in [0, 0.1) is 35.5 Å². The molecule has 0 aromatic rings. The number of fused-ring (bicyclic) bond motifs is 5. The number of methoxy groups -OCH3 is 1. The molecule has 4 fully saturated rings. The van der Waals surface area contributed by atoms with Gasteiger partial charge in [-0.25, -0.2) is 0 Å². The maximum atomic E-state index is 14.6. The quantitative estimate of drug-likeness (QED) is 0.270. The summed E-state index contributed by atoms with van der Waals surface area (Å²) in [6, 6.07) is 0.326. The van der Waals surface area contributed by atoms with E-state index in [-0.39, 0.29) is 81.3 Å². The molecule has 11 nitrogen and oxygen atoms in total. The van der Waals surface area contributed by atoms with E-state index in [0.717, 1.165) is 50.5 Å². The minimum absolute atomic E-state index is 0. The summed E-state index contributed by atoms with van der Waals surface area (Å²) in [5.74, 6) is -0.355. The Bertz CT molecular complexity index is 1310. The van der Waals surface area contributed by atoms with Crippen molar-refractivity contribution in [3.63, 3.8) is 0 Å². The largest absolute Gasteiger partial charge is 0.462 e. The van der Waals surface area contributed by atoms with Crippen molar-refractivity contribution in [2.45, 2.75) is 160 Å². The second kappa shape index (κ2) is 16.3. The van der Waals surface area contributed by atoms with Crippen LogP contribution in [0.25, 0.3) is 0 Å². The Morgan fingerprint density at radius 3 is 2.37 bits per heavy atom. The second-order valence-electron chi connectivity index (χ2n) is 16.5. The second-order valence-corrected chi connectivity index (χ2v) is 16.5. The lowest BCUT2D eigenvalue weighted by atomic mass is 9.67. The standard InChI is InChI=1S/C40H63NO10.2H2/c1-9-24-11-10-12-33(51-35-14-13-32(41(6)7)22(4)47-35)21(3)36(43)31-18-29-27(30(31)19-34(42)49-24)15-20(2)26-16-25(17-28(26)29)50-40-38(45)37(44)39(46-8)23(5)48-40;;/h15,18,21-30,32-33,35,37-40,44-45H,9-14,16-17,19H2,1-8H3;2*1H/t21-,22-,23+,24+,25+,26+,27-,28-,29-,30+,32+,33+,35+,37+,38-,39+,40+;;/m1../s1. The molecular weight excluding hydrogens is 654 g/mol. The summed E-state index contributed by atoms with van der Waals surface area (Å²) in [6.07, 6.45) is 5.41. The Morgan fingerprint density at radius 2 is 1.69 bits per heavy atom.